The number of carbonyl (C=O) groups excluding carboxylic acids is 2. The van der Waals surface area contributed by atoms with Crippen LogP contribution in [-0.2, 0) is 19.0 Å². The summed E-state index contributed by atoms with van der Waals surface area (Å²) in [6.07, 6.45) is -2.03. The topological polar surface area (TPSA) is 184 Å². The monoisotopic (exact) mass is 526 g/mol. The third-order valence-corrected chi connectivity index (χ3v) is 6.25. The smallest absolute Gasteiger partial charge is 0.408 e. The van der Waals surface area contributed by atoms with Gasteiger partial charge in [-0.2, -0.15) is 11.8 Å². The van der Waals surface area contributed by atoms with Crippen LogP contribution < -0.4 is 11.1 Å². The number of imidazole rings is 1. The number of aliphatic hydroxyl groups excluding tert-OH is 2. The molecule has 5 N–H and O–H groups in total. The molecule has 0 bridgehead atoms. The van der Waals surface area contributed by atoms with Crippen molar-refractivity contribution in [2.45, 2.75) is 83.3 Å². The highest BCUT2D eigenvalue weighted by molar-refractivity contribution is 7.99. The second kappa shape index (κ2) is 11.6. The van der Waals surface area contributed by atoms with Crippen LogP contribution in [-0.4, -0.2) is 89.4 Å². The van der Waals surface area contributed by atoms with E-state index in [2.05, 4.69) is 20.3 Å². The summed E-state index contributed by atoms with van der Waals surface area (Å²) in [5.74, 6) is 0.414. The predicted molar refractivity (Wildman–Crippen MR) is 132 cm³/mol. The van der Waals surface area contributed by atoms with Crippen molar-refractivity contribution in [3.63, 3.8) is 0 Å². The number of ether oxygens (including phenoxy) is 3. The van der Waals surface area contributed by atoms with Crippen LogP contribution in [0.2, 0.25) is 0 Å². The Bertz CT molecular complexity index is 1060. The SMILES string of the molecule is CC(C)OC(=O)[C@H](CCSC[C@H]1O[C@@H](n2cnc3c(N)ncnc32)[C@H](O)[C@@H]1O)NC(=O)OC(C)(C)C. The van der Waals surface area contributed by atoms with Gasteiger partial charge >= 0.3 is 12.1 Å². The zero-order valence-corrected chi connectivity index (χ0v) is 21.8. The van der Waals surface area contributed by atoms with Crippen LogP contribution in [0.4, 0.5) is 10.6 Å². The maximum Gasteiger partial charge on any atom is 0.408 e. The van der Waals surface area contributed by atoms with Crippen molar-refractivity contribution in [3.8, 4) is 0 Å². The lowest BCUT2D eigenvalue weighted by atomic mass is 10.1. The van der Waals surface area contributed by atoms with E-state index in [1.165, 1.54) is 29.0 Å². The summed E-state index contributed by atoms with van der Waals surface area (Å²) in [6, 6.07) is -0.898. The molecule has 0 unspecified atom stereocenters. The summed E-state index contributed by atoms with van der Waals surface area (Å²) in [5.41, 5.74) is 5.86. The Morgan fingerprint density at radius 2 is 1.97 bits per heavy atom. The molecule has 0 aromatic carbocycles. The molecule has 13 nitrogen and oxygen atoms in total. The minimum Gasteiger partial charge on any atom is -0.461 e. The van der Waals surface area contributed by atoms with Crippen molar-refractivity contribution < 1.29 is 34.0 Å². The molecule has 1 amide bonds. The Morgan fingerprint density at radius 1 is 1.25 bits per heavy atom. The summed E-state index contributed by atoms with van der Waals surface area (Å²) in [7, 11) is 0. The third kappa shape index (κ3) is 6.96. The fraction of sp³-hybridized carbons (Fsp3) is 0.682. The van der Waals surface area contributed by atoms with Gasteiger partial charge in [-0.25, -0.2) is 24.5 Å². The fourth-order valence-corrected chi connectivity index (χ4v) is 4.64. The lowest BCUT2D eigenvalue weighted by Crippen LogP contribution is -2.45. The zero-order chi connectivity index (χ0) is 26.6. The summed E-state index contributed by atoms with van der Waals surface area (Å²) >= 11 is 1.40. The van der Waals surface area contributed by atoms with Crippen molar-refractivity contribution in [1.82, 2.24) is 24.8 Å². The van der Waals surface area contributed by atoms with Crippen LogP contribution >= 0.6 is 11.8 Å². The summed E-state index contributed by atoms with van der Waals surface area (Å²) < 4.78 is 17.9. The first-order valence-electron chi connectivity index (χ1n) is 11.6. The maximum absolute atomic E-state index is 12.5. The first kappa shape index (κ1) is 27.9. The molecule has 5 atom stereocenters. The molecule has 200 valence electrons. The minimum absolute atomic E-state index is 0.199. The number of thioether (sulfide) groups is 1. The number of alkyl carbamates (subject to hydrolysis) is 1. The molecule has 3 heterocycles. The number of rotatable bonds is 9. The molecule has 14 heteroatoms. The normalized spacial score (nSPS) is 23.1. The van der Waals surface area contributed by atoms with Gasteiger partial charge in [0.15, 0.2) is 17.7 Å². The van der Waals surface area contributed by atoms with Crippen molar-refractivity contribution >= 4 is 40.8 Å². The number of anilines is 1. The average Bonchev–Trinajstić information content (AvgIpc) is 3.31. The van der Waals surface area contributed by atoms with E-state index in [1.54, 1.807) is 34.6 Å². The lowest BCUT2D eigenvalue weighted by molar-refractivity contribution is -0.150. The van der Waals surface area contributed by atoms with Gasteiger partial charge in [0, 0.05) is 5.75 Å². The van der Waals surface area contributed by atoms with E-state index >= 15 is 0 Å². The van der Waals surface area contributed by atoms with E-state index in [1.807, 2.05) is 0 Å². The first-order valence-corrected chi connectivity index (χ1v) is 12.7. The number of fused-ring (bicyclic) bond motifs is 1. The zero-order valence-electron chi connectivity index (χ0n) is 21.0. The number of aromatic nitrogens is 4. The largest absolute Gasteiger partial charge is 0.461 e. The molecule has 1 fully saturated rings. The van der Waals surface area contributed by atoms with Gasteiger partial charge in [0.25, 0.3) is 0 Å². The summed E-state index contributed by atoms with van der Waals surface area (Å²) in [6.45, 7) is 8.63. The molecule has 2 aromatic heterocycles. The molecule has 0 radical (unpaired) electrons. The number of hydrogen-bond donors (Lipinski definition) is 4. The molecule has 1 aliphatic rings. The van der Waals surface area contributed by atoms with E-state index < -0.39 is 48.2 Å². The summed E-state index contributed by atoms with van der Waals surface area (Å²) in [4.78, 5) is 36.9. The van der Waals surface area contributed by atoms with Gasteiger partial charge in [0.05, 0.1) is 18.5 Å². The number of amides is 1. The van der Waals surface area contributed by atoms with Gasteiger partial charge in [0.2, 0.25) is 0 Å². The molecule has 0 aliphatic carbocycles. The first-order chi connectivity index (χ1) is 16.9. The van der Waals surface area contributed by atoms with Crippen LogP contribution in [0.1, 0.15) is 47.3 Å². The number of hydrogen-bond acceptors (Lipinski definition) is 12. The van der Waals surface area contributed by atoms with Gasteiger partial charge in [-0.15, -0.1) is 0 Å². The van der Waals surface area contributed by atoms with Gasteiger partial charge in [0.1, 0.15) is 35.7 Å². The molecule has 1 aliphatic heterocycles. The van der Waals surface area contributed by atoms with Gasteiger partial charge in [-0.05, 0) is 46.8 Å². The van der Waals surface area contributed by atoms with E-state index in [9.17, 15) is 19.8 Å². The number of carbonyl (C=O) groups is 2. The Balaban J connectivity index is 1.57. The Labute approximate surface area is 213 Å². The van der Waals surface area contributed by atoms with Crippen molar-refractivity contribution in [1.29, 1.82) is 0 Å². The van der Waals surface area contributed by atoms with E-state index in [-0.39, 0.29) is 18.3 Å². The predicted octanol–water partition coefficient (Wildman–Crippen LogP) is 0.996. The quantitative estimate of drug-likeness (QED) is 0.269. The van der Waals surface area contributed by atoms with Crippen LogP contribution in [0.5, 0.6) is 0 Å². The van der Waals surface area contributed by atoms with Crippen molar-refractivity contribution in [3.05, 3.63) is 12.7 Å². The second-order valence-corrected chi connectivity index (χ2v) is 10.8. The molecule has 0 saturated carbocycles. The summed E-state index contributed by atoms with van der Waals surface area (Å²) in [5, 5.41) is 23.7. The number of nitrogens with zero attached hydrogens (tertiary/aromatic N) is 4. The van der Waals surface area contributed by atoms with Crippen molar-refractivity contribution in [2.75, 3.05) is 17.2 Å². The lowest BCUT2D eigenvalue weighted by Gasteiger charge is -2.23. The van der Waals surface area contributed by atoms with Crippen LogP contribution in [0.25, 0.3) is 11.2 Å². The highest BCUT2D eigenvalue weighted by Crippen LogP contribution is 2.33. The molecule has 1 saturated heterocycles. The van der Waals surface area contributed by atoms with E-state index in [4.69, 9.17) is 19.9 Å². The molecular weight excluding hydrogens is 492 g/mol. The van der Waals surface area contributed by atoms with Crippen LogP contribution in [0.15, 0.2) is 12.7 Å². The Hall–Kier alpha value is -2.68. The highest BCUT2D eigenvalue weighted by atomic mass is 32.2. The maximum atomic E-state index is 12.5. The third-order valence-electron chi connectivity index (χ3n) is 5.16. The van der Waals surface area contributed by atoms with E-state index in [0.717, 1.165) is 0 Å². The molecule has 0 spiro atoms. The van der Waals surface area contributed by atoms with Crippen LogP contribution in [0, 0.1) is 0 Å². The molecule has 3 rings (SSSR count). The fourth-order valence-electron chi connectivity index (χ4n) is 3.57. The van der Waals surface area contributed by atoms with Gasteiger partial charge in [-0.3, -0.25) is 4.57 Å². The van der Waals surface area contributed by atoms with E-state index in [0.29, 0.717) is 22.7 Å². The van der Waals surface area contributed by atoms with Crippen molar-refractivity contribution in [2.24, 2.45) is 0 Å². The van der Waals surface area contributed by atoms with Gasteiger partial charge in [-0.1, -0.05) is 0 Å². The van der Waals surface area contributed by atoms with Gasteiger partial charge < -0.3 is 35.5 Å². The second-order valence-electron chi connectivity index (χ2n) is 9.68. The number of esters is 1. The average molecular weight is 527 g/mol. The van der Waals surface area contributed by atoms with Crippen LogP contribution in [0.3, 0.4) is 0 Å². The highest BCUT2D eigenvalue weighted by Gasteiger charge is 2.44. The molecule has 2 aromatic rings. The number of nitrogen functional groups attached to an aromatic ring is 1. The number of nitrogens with one attached hydrogen (secondary N) is 1. The molecule has 36 heavy (non-hydrogen) atoms. The minimum atomic E-state index is -1.22. The molecular formula is C22H34N6O7S. The Kier molecular flexibility index (Phi) is 8.98. The Morgan fingerprint density at radius 3 is 2.64 bits per heavy atom. The number of nitrogens with two attached hydrogens (primary N) is 1. The standard InChI is InChI=1S/C22H34N6O7S/c1-11(2)33-20(31)12(27-21(32)35-22(3,4)5)6-7-36-8-13-15(29)16(30)19(34-13)28-10-26-14-17(23)24-9-25-18(14)28/h9-13,15-16,19,29-30H,6-8H2,1-5H3,(H,27,32)(H2,23,24,25)/t12-,13+,15+,16+,19+/m0/s1. The number of aliphatic hydroxyl groups is 2.